The third-order valence-corrected chi connectivity index (χ3v) is 4.63. The lowest BCUT2D eigenvalue weighted by molar-refractivity contribution is 0.500. The van der Waals surface area contributed by atoms with Gasteiger partial charge in [-0.1, -0.05) is 30.3 Å². The maximum Gasteiger partial charge on any atom is 0.0701 e. The smallest absolute Gasteiger partial charge is 0.0701 e. The minimum Gasteiger partial charge on any atom is -0.303 e. The number of halogens is 1. The molecule has 0 saturated heterocycles. The van der Waals surface area contributed by atoms with E-state index in [4.69, 9.17) is 0 Å². The Kier molecular flexibility index (Phi) is 4.37. The number of benzene rings is 1. The molecule has 1 aromatic heterocycles. The number of hydrogen-bond acceptors (Lipinski definition) is 2. The zero-order chi connectivity index (χ0) is 12.3. The van der Waals surface area contributed by atoms with Crippen molar-refractivity contribution in [1.82, 2.24) is 5.32 Å². The quantitative estimate of drug-likeness (QED) is 0.845. The monoisotopic (exact) mass is 309 g/mol. The maximum atomic E-state index is 3.62. The van der Waals surface area contributed by atoms with Gasteiger partial charge >= 0.3 is 0 Å². The summed E-state index contributed by atoms with van der Waals surface area (Å²) in [5.74, 6) is 0. The normalized spacial score (nSPS) is 14.5. The largest absolute Gasteiger partial charge is 0.303 e. The highest BCUT2D eigenvalue weighted by Crippen LogP contribution is 2.28. The highest BCUT2D eigenvalue weighted by atomic mass is 79.9. The van der Waals surface area contributed by atoms with Gasteiger partial charge in [0.1, 0.15) is 0 Å². The van der Waals surface area contributed by atoms with Crippen LogP contribution in [0.3, 0.4) is 0 Å². The lowest BCUT2D eigenvalue weighted by Crippen LogP contribution is -2.21. The van der Waals surface area contributed by atoms with Gasteiger partial charge in [0, 0.05) is 17.0 Å². The zero-order valence-corrected chi connectivity index (χ0v) is 12.4. The van der Waals surface area contributed by atoms with Crippen molar-refractivity contribution in [1.29, 1.82) is 0 Å². The van der Waals surface area contributed by atoms with Crippen LogP contribution in [0.25, 0.3) is 0 Å². The Morgan fingerprint density at radius 3 is 2.29 bits per heavy atom. The third-order valence-electron chi connectivity index (χ3n) is 2.82. The highest BCUT2D eigenvalue weighted by Gasteiger charge is 2.12. The molecule has 0 aliphatic carbocycles. The summed E-state index contributed by atoms with van der Waals surface area (Å²) in [6, 6.07) is 15.6. The Labute approximate surface area is 115 Å². The molecule has 2 aromatic rings. The van der Waals surface area contributed by atoms with Gasteiger partial charge in [0.2, 0.25) is 0 Å². The van der Waals surface area contributed by atoms with Crippen molar-refractivity contribution < 1.29 is 0 Å². The molecule has 3 heteroatoms. The Bertz CT molecular complexity index is 466. The van der Waals surface area contributed by atoms with E-state index in [0.717, 1.165) is 0 Å². The molecule has 0 amide bonds. The zero-order valence-electron chi connectivity index (χ0n) is 9.98. The van der Waals surface area contributed by atoms with E-state index in [1.165, 1.54) is 14.2 Å². The molecule has 1 nitrogen and oxygen atoms in total. The van der Waals surface area contributed by atoms with E-state index in [1.807, 2.05) is 0 Å². The molecule has 0 saturated carbocycles. The molecule has 0 radical (unpaired) electrons. The van der Waals surface area contributed by atoms with Crippen LogP contribution in [0.1, 0.15) is 36.4 Å². The number of thiophene rings is 1. The van der Waals surface area contributed by atoms with Crippen LogP contribution >= 0.6 is 27.3 Å². The van der Waals surface area contributed by atoms with Crippen LogP contribution in [0.15, 0.2) is 46.3 Å². The van der Waals surface area contributed by atoms with Crippen molar-refractivity contribution in [3.8, 4) is 0 Å². The van der Waals surface area contributed by atoms with Gasteiger partial charge in [0.25, 0.3) is 0 Å². The van der Waals surface area contributed by atoms with Gasteiger partial charge in [0.05, 0.1) is 3.79 Å². The Morgan fingerprint density at radius 1 is 1.00 bits per heavy atom. The summed E-state index contributed by atoms with van der Waals surface area (Å²) in [5, 5.41) is 3.62. The molecule has 2 atom stereocenters. The van der Waals surface area contributed by atoms with Gasteiger partial charge in [-0.2, -0.15) is 0 Å². The van der Waals surface area contributed by atoms with E-state index < -0.39 is 0 Å². The molecule has 2 rings (SSSR count). The maximum absolute atomic E-state index is 3.62. The first-order valence-electron chi connectivity index (χ1n) is 5.73. The lowest BCUT2D eigenvalue weighted by Gasteiger charge is -2.19. The van der Waals surface area contributed by atoms with Gasteiger partial charge in [0.15, 0.2) is 0 Å². The number of rotatable bonds is 4. The summed E-state index contributed by atoms with van der Waals surface area (Å²) in [6.07, 6.45) is 0. The average molecular weight is 310 g/mol. The van der Waals surface area contributed by atoms with Crippen molar-refractivity contribution in [3.05, 3.63) is 56.7 Å². The molecule has 17 heavy (non-hydrogen) atoms. The van der Waals surface area contributed by atoms with Crippen molar-refractivity contribution in [2.24, 2.45) is 0 Å². The Morgan fingerprint density at radius 2 is 1.71 bits per heavy atom. The fourth-order valence-corrected chi connectivity index (χ4v) is 3.29. The molecule has 0 bridgehead atoms. The van der Waals surface area contributed by atoms with E-state index in [2.05, 4.69) is 77.6 Å². The number of nitrogens with one attached hydrogen (secondary N) is 1. The molecule has 90 valence electrons. The predicted octanol–water partition coefficient (Wildman–Crippen LogP) is 4.92. The van der Waals surface area contributed by atoms with Crippen LogP contribution in [-0.2, 0) is 0 Å². The molecular weight excluding hydrogens is 294 g/mol. The first kappa shape index (κ1) is 12.8. The molecule has 1 N–H and O–H groups in total. The molecule has 1 heterocycles. The first-order valence-corrected chi connectivity index (χ1v) is 7.34. The summed E-state index contributed by atoms with van der Waals surface area (Å²) >= 11 is 5.29. The molecule has 0 fully saturated rings. The van der Waals surface area contributed by atoms with Gasteiger partial charge in [-0.25, -0.2) is 0 Å². The highest BCUT2D eigenvalue weighted by molar-refractivity contribution is 9.11. The lowest BCUT2D eigenvalue weighted by atomic mass is 10.1. The SMILES string of the molecule is CC(NC(C)c1ccc(Br)s1)c1ccccc1. The molecular formula is C14H16BrNS. The summed E-state index contributed by atoms with van der Waals surface area (Å²) < 4.78 is 1.19. The molecule has 1 aromatic carbocycles. The fourth-order valence-electron chi connectivity index (χ4n) is 1.86. The van der Waals surface area contributed by atoms with E-state index >= 15 is 0 Å². The average Bonchev–Trinajstić information content (AvgIpc) is 2.77. The topological polar surface area (TPSA) is 12.0 Å². The van der Waals surface area contributed by atoms with E-state index in [1.54, 1.807) is 11.3 Å². The first-order chi connectivity index (χ1) is 8.16. The van der Waals surface area contributed by atoms with Crippen molar-refractivity contribution >= 4 is 27.3 Å². The van der Waals surface area contributed by atoms with E-state index in [-0.39, 0.29) is 0 Å². The van der Waals surface area contributed by atoms with Crippen LogP contribution in [0.5, 0.6) is 0 Å². The minimum absolute atomic E-state index is 0.368. The van der Waals surface area contributed by atoms with Crippen LogP contribution in [-0.4, -0.2) is 0 Å². The van der Waals surface area contributed by atoms with E-state index in [0.29, 0.717) is 12.1 Å². The fraction of sp³-hybridized carbons (Fsp3) is 0.286. The summed E-state index contributed by atoms with van der Waals surface area (Å²) in [5.41, 5.74) is 1.33. The third kappa shape index (κ3) is 3.41. The van der Waals surface area contributed by atoms with Gasteiger partial charge in [-0.15, -0.1) is 11.3 Å². The van der Waals surface area contributed by atoms with Gasteiger partial charge in [-0.3, -0.25) is 0 Å². The Hall–Kier alpha value is -0.640. The molecule has 0 aliphatic heterocycles. The number of hydrogen-bond donors (Lipinski definition) is 1. The Balaban J connectivity index is 2.02. The minimum atomic E-state index is 0.368. The van der Waals surface area contributed by atoms with Crippen molar-refractivity contribution in [2.75, 3.05) is 0 Å². The summed E-state index contributed by atoms with van der Waals surface area (Å²) in [6.45, 7) is 4.41. The molecule has 2 unspecified atom stereocenters. The van der Waals surface area contributed by atoms with Crippen LogP contribution in [0, 0.1) is 0 Å². The summed E-state index contributed by atoms with van der Waals surface area (Å²) in [7, 11) is 0. The predicted molar refractivity (Wildman–Crippen MR) is 78.4 cm³/mol. The van der Waals surface area contributed by atoms with Crippen LogP contribution in [0.4, 0.5) is 0 Å². The van der Waals surface area contributed by atoms with E-state index in [9.17, 15) is 0 Å². The van der Waals surface area contributed by atoms with Crippen LogP contribution < -0.4 is 5.32 Å². The van der Waals surface area contributed by atoms with Gasteiger partial charge in [-0.05, 0) is 47.5 Å². The standard InChI is InChI=1S/C14H16BrNS/c1-10(12-6-4-3-5-7-12)16-11(2)13-8-9-14(15)17-13/h3-11,16H,1-2H3. The van der Waals surface area contributed by atoms with Crippen molar-refractivity contribution in [2.45, 2.75) is 25.9 Å². The van der Waals surface area contributed by atoms with Crippen LogP contribution in [0.2, 0.25) is 0 Å². The van der Waals surface area contributed by atoms with Crippen molar-refractivity contribution in [3.63, 3.8) is 0 Å². The second-order valence-corrected chi connectivity index (χ2v) is 6.66. The second-order valence-electron chi connectivity index (χ2n) is 4.16. The summed E-state index contributed by atoms with van der Waals surface area (Å²) in [4.78, 5) is 1.36. The molecule has 0 spiro atoms. The van der Waals surface area contributed by atoms with Gasteiger partial charge < -0.3 is 5.32 Å². The molecule has 0 aliphatic rings. The second kappa shape index (κ2) is 5.80.